The Kier molecular flexibility index (Phi) is 5.62. The van der Waals surface area contributed by atoms with E-state index in [4.69, 9.17) is 0 Å². The molecule has 2 aromatic carbocycles. The van der Waals surface area contributed by atoms with Crippen LogP contribution in [0.4, 0.5) is 15.8 Å². The summed E-state index contributed by atoms with van der Waals surface area (Å²) in [5.74, 6) is -0.983. The predicted molar refractivity (Wildman–Crippen MR) is 123 cm³/mol. The molecule has 0 saturated heterocycles. The number of amides is 2. The number of rotatable bonds is 6. The Labute approximate surface area is 194 Å². The van der Waals surface area contributed by atoms with Crippen LogP contribution in [0.2, 0.25) is 0 Å². The van der Waals surface area contributed by atoms with E-state index in [1.165, 1.54) is 23.4 Å². The molecule has 0 spiro atoms. The monoisotopic (exact) mass is 459 g/mol. The van der Waals surface area contributed by atoms with Gasteiger partial charge in [-0.25, -0.2) is 18.7 Å². The Morgan fingerprint density at radius 1 is 1.03 bits per heavy atom. The number of para-hydroxylation sites is 1. The second-order valence-corrected chi connectivity index (χ2v) is 8.06. The summed E-state index contributed by atoms with van der Waals surface area (Å²) in [4.78, 5) is 29.3. The highest BCUT2D eigenvalue weighted by Crippen LogP contribution is 2.29. The Morgan fingerprint density at radius 3 is 2.47 bits per heavy atom. The van der Waals surface area contributed by atoms with Crippen molar-refractivity contribution in [2.24, 2.45) is 0 Å². The first-order valence-electron chi connectivity index (χ1n) is 10.9. The molecule has 2 heterocycles. The van der Waals surface area contributed by atoms with Crippen molar-refractivity contribution in [3.05, 3.63) is 84.0 Å². The van der Waals surface area contributed by atoms with Crippen molar-refractivity contribution in [2.45, 2.75) is 32.2 Å². The lowest BCUT2D eigenvalue weighted by Gasteiger charge is -2.12. The van der Waals surface area contributed by atoms with Crippen LogP contribution in [0.15, 0.2) is 61.2 Å². The molecule has 2 amide bonds. The first-order chi connectivity index (χ1) is 16.5. The van der Waals surface area contributed by atoms with Crippen molar-refractivity contribution in [2.75, 3.05) is 10.6 Å². The highest BCUT2D eigenvalue weighted by atomic mass is 19.1. The molecule has 0 aliphatic heterocycles. The minimum Gasteiger partial charge on any atom is -0.324 e. The maximum atomic E-state index is 14.4. The third-order valence-corrected chi connectivity index (χ3v) is 5.85. The Bertz CT molecular complexity index is 1350. The highest BCUT2D eigenvalue weighted by molar-refractivity contribution is 6.04. The Morgan fingerprint density at radius 2 is 1.76 bits per heavy atom. The van der Waals surface area contributed by atoms with E-state index in [1.807, 2.05) is 0 Å². The first kappa shape index (κ1) is 21.5. The normalized spacial score (nSPS) is 13.4. The van der Waals surface area contributed by atoms with Gasteiger partial charge in [0.15, 0.2) is 5.69 Å². The van der Waals surface area contributed by atoms with Crippen LogP contribution in [0, 0.1) is 5.82 Å². The quantitative estimate of drug-likeness (QED) is 0.459. The van der Waals surface area contributed by atoms with E-state index in [-0.39, 0.29) is 17.6 Å². The molecule has 10 heteroatoms. The SMILES string of the molecule is CC(C(=O)Nc1ccc(NC(=O)c2nn(-c3ccccc3F)c3c2CCC3)cc1)n1cncn1. The third-order valence-electron chi connectivity index (χ3n) is 5.85. The summed E-state index contributed by atoms with van der Waals surface area (Å²) >= 11 is 0. The number of anilines is 2. The molecular formula is C24H22FN7O2. The van der Waals surface area contributed by atoms with E-state index in [2.05, 4.69) is 25.8 Å². The maximum absolute atomic E-state index is 14.4. The van der Waals surface area contributed by atoms with Gasteiger partial charge in [-0.05, 0) is 62.6 Å². The summed E-state index contributed by atoms with van der Waals surface area (Å²) in [5, 5.41) is 14.1. The molecular weight excluding hydrogens is 437 g/mol. The van der Waals surface area contributed by atoms with E-state index >= 15 is 0 Å². The molecule has 1 aliphatic carbocycles. The Hall–Kier alpha value is -4.34. The van der Waals surface area contributed by atoms with Gasteiger partial charge in [-0.2, -0.15) is 10.2 Å². The highest BCUT2D eigenvalue weighted by Gasteiger charge is 2.28. The number of halogens is 1. The molecule has 1 unspecified atom stereocenters. The maximum Gasteiger partial charge on any atom is 0.276 e. The van der Waals surface area contributed by atoms with Gasteiger partial charge in [-0.1, -0.05) is 12.1 Å². The van der Waals surface area contributed by atoms with E-state index < -0.39 is 6.04 Å². The van der Waals surface area contributed by atoms with E-state index in [0.29, 0.717) is 22.8 Å². The lowest BCUT2D eigenvalue weighted by Crippen LogP contribution is -2.24. The first-order valence-corrected chi connectivity index (χ1v) is 10.9. The van der Waals surface area contributed by atoms with Crippen LogP contribution in [-0.2, 0) is 17.6 Å². The standard InChI is InChI=1S/C24H22FN7O2/c1-15(31-14-26-13-27-31)23(33)28-16-9-11-17(12-10-16)29-24(34)22-18-5-4-8-20(18)32(30-22)21-7-3-2-6-19(21)25/h2-3,6-7,9-15H,4-5,8H2,1H3,(H,28,33)(H,29,34). The molecule has 0 fully saturated rings. The zero-order valence-electron chi connectivity index (χ0n) is 18.4. The minimum absolute atomic E-state index is 0.239. The van der Waals surface area contributed by atoms with Crippen molar-refractivity contribution >= 4 is 23.2 Å². The number of carbonyl (C=O) groups is 2. The number of aromatic nitrogens is 5. The molecule has 5 rings (SSSR count). The van der Waals surface area contributed by atoms with E-state index in [1.54, 1.807) is 54.1 Å². The zero-order valence-corrected chi connectivity index (χ0v) is 18.4. The smallest absolute Gasteiger partial charge is 0.276 e. The minimum atomic E-state index is -0.520. The lowest BCUT2D eigenvalue weighted by molar-refractivity contribution is -0.119. The molecule has 4 aromatic rings. The van der Waals surface area contributed by atoms with Crippen molar-refractivity contribution in [1.82, 2.24) is 24.5 Å². The largest absolute Gasteiger partial charge is 0.324 e. The van der Waals surface area contributed by atoms with Crippen LogP contribution >= 0.6 is 0 Å². The molecule has 9 nitrogen and oxygen atoms in total. The molecule has 1 atom stereocenters. The third kappa shape index (κ3) is 4.05. The molecule has 2 aromatic heterocycles. The van der Waals surface area contributed by atoms with Crippen molar-refractivity contribution < 1.29 is 14.0 Å². The zero-order chi connectivity index (χ0) is 23.7. The van der Waals surface area contributed by atoms with Gasteiger partial charge in [0, 0.05) is 22.6 Å². The fraction of sp³-hybridized carbons (Fsp3) is 0.208. The fourth-order valence-corrected chi connectivity index (χ4v) is 4.05. The summed E-state index contributed by atoms with van der Waals surface area (Å²) in [7, 11) is 0. The molecule has 34 heavy (non-hydrogen) atoms. The topological polar surface area (TPSA) is 107 Å². The van der Waals surface area contributed by atoms with Crippen molar-refractivity contribution in [3.8, 4) is 5.69 Å². The fourth-order valence-electron chi connectivity index (χ4n) is 4.05. The average Bonchev–Trinajstić information content (AvgIpc) is 3.59. The molecule has 1 aliphatic rings. The van der Waals surface area contributed by atoms with Gasteiger partial charge in [-0.15, -0.1) is 0 Å². The summed E-state index contributed by atoms with van der Waals surface area (Å²) in [5.41, 5.74) is 3.50. The number of hydrogen-bond acceptors (Lipinski definition) is 5. The molecule has 172 valence electrons. The molecule has 0 bridgehead atoms. The van der Waals surface area contributed by atoms with Gasteiger partial charge in [0.05, 0.1) is 0 Å². The Balaban J connectivity index is 1.30. The summed E-state index contributed by atoms with van der Waals surface area (Å²) in [6, 6.07) is 12.7. The van der Waals surface area contributed by atoms with Crippen LogP contribution in [0.5, 0.6) is 0 Å². The van der Waals surface area contributed by atoms with Crippen molar-refractivity contribution in [3.63, 3.8) is 0 Å². The van der Waals surface area contributed by atoms with E-state index in [0.717, 1.165) is 30.5 Å². The predicted octanol–water partition coefficient (Wildman–Crippen LogP) is 3.54. The van der Waals surface area contributed by atoms with Gasteiger partial charge in [0.2, 0.25) is 5.91 Å². The van der Waals surface area contributed by atoms with Gasteiger partial charge >= 0.3 is 0 Å². The number of benzene rings is 2. The van der Waals surface area contributed by atoms with Crippen LogP contribution in [0.1, 0.15) is 41.1 Å². The second kappa shape index (κ2) is 8.89. The average molecular weight is 459 g/mol. The van der Waals surface area contributed by atoms with Crippen LogP contribution in [-0.4, -0.2) is 36.4 Å². The number of nitrogens with zero attached hydrogens (tertiary/aromatic N) is 5. The summed E-state index contributed by atoms with van der Waals surface area (Å²) < 4.78 is 17.4. The van der Waals surface area contributed by atoms with Crippen LogP contribution < -0.4 is 10.6 Å². The summed E-state index contributed by atoms with van der Waals surface area (Å²) in [6.45, 7) is 1.72. The van der Waals surface area contributed by atoms with Gasteiger partial charge in [0.25, 0.3) is 5.91 Å². The number of fused-ring (bicyclic) bond motifs is 1. The van der Waals surface area contributed by atoms with Crippen LogP contribution in [0.25, 0.3) is 5.69 Å². The number of hydrogen-bond donors (Lipinski definition) is 2. The number of nitrogens with one attached hydrogen (secondary N) is 2. The van der Waals surface area contributed by atoms with Crippen LogP contribution in [0.3, 0.4) is 0 Å². The van der Waals surface area contributed by atoms with Crippen molar-refractivity contribution in [1.29, 1.82) is 0 Å². The van der Waals surface area contributed by atoms with Gasteiger partial charge in [-0.3, -0.25) is 9.59 Å². The van der Waals surface area contributed by atoms with E-state index in [9.17, 15) is 14.0 Å². The molecule has 0 radical (unpaired) electrons. The van der Waals surface area contributed by atoms with Gasteiger partial charge < -0.3 is 10.6 Å². The lowest BCUT2D eigenvalue weighted by atomic mass is 10.2. The molecule has 2 N–H and O–H groups in total. The van der Waals surface area contributed by atoms with Gasteiger partial charge in [0.1, 0.15) is 30.2 Å². The summed E-state index contributed by atoms with van der Waals surface area (Å²) in [6.07, 6.45) is 5.21. The molecule has 0 saturated carbocycles. The number of carbonyl (C=O) groups excluding carboxylic acids is 2. The second-order valence-electron chi connectivity index (χ2n) is 8.06.